The summed E-state index contributed by atoms with van der Waals surface area (Å²) < 4.78 is 0. The van der Waals surface area contributed by atoms with Gasteiger partial charge in [0, 0.05) is 56.9 Å². The van der Waals surface area contributed by atoms with Crippen LogP contribution in [0, 0.1) is 25.2 Å². The number of piperidine rings is 1. The third kappa shape index (κ3) is 3.87. The van der Waals surface area contributed by atoms with Crippen molar-refractivity contribution in [3.8, 4) is 0 Å². The first-order valence-corrected chi connectivity index (χ1v) is 11.8. The number of hydrogen-bond donors (Lipinski definition) is 0. The lowest BCUT2D eigenvalue weighted by Gasteiger charge is -2.37. The van der Waals surface area contributed by atoms with Crippen molar-refractivity contribution in [2.75, 3.05) is 44.2 Å². The summed E-state index contributed by atoms with van der Waals surface area (Å²) in [6.45, 7) is 8.76. The Morgan fingerprint density at radius 1 is 0.938 bits per heavy atom. The van der Waals surface area contributed by atoms with Crippen LogP contribution >= 0.6 is 0 Å². The van der Waals surface area contributed by atoms with Crippen LogP contribution in [0.5, 0.6) is 0 Å². The molecule has 1 atom stereocenters. The lowest BCUT2D eigenvalue weighted by atomic mass is 9.89. The van der Waals surface area contributed by atoms with Gasteiger partial charge in [0.05, 0.1) is 0 Å². The molecule has 2 aromatic rings. The summed E-state index contributed by atoms with van der Waals surface area (Å²) in [7, 11) is 0. The molecule has 1 aromatic heterocycles. The summed E-state index contributed by atoms with van der Waals surface area (Å²) in [5.41, 5.74) is 3.14. The average molecular weight is 433 g/mol. The fourth-order valence-electron chi connectivity index (χ4n) is 5.55. The van der Waals surface area contributed by atoms with Crippen LogP contribution in [0.15, 0.2) is 42.6 Å². The molecule has 2 aliphatic heterocycles. The van der Waals surface area contributed by atoms with Crippen molar-refractivity contribution in [2.45, 2.75) is 33.1 Å². The van der Waals surface area contributed by atoms with Gasteiger partial charge < -0.3 is 14.7 Å². The van der Waals surface area contributed by atoms with E-state index in [4.69, 9.17) is 0 Å². The Morgan fingerprint density at radius 2 is 1.69 bits per heavy atom. The van der Waals surface area contributed by atoms with Crippen LogP contribution < -0.4 is 4.90 Å². The fraction of sp³-hybridized carbons (Fsp3) is 0.500. The van der Waals surface area contributed by atoms with E-state index in [1.807, 2.05) is 53.3 Å². The maximum absolute atomic E-state index is 13.2. The molecule has 1 saturated carbocycles. The first-order chi connectivity index (χ1) is 15.5. The number of aromatic nitrogens is 1. The normalized spacial score (nSPS) is 22.2. The fourth-order valence-corrected chi connectivity index (χ4v) is 5.55. The molecule has 2 amide bonds. The Morgan fingerprint density at radius 3 is 2.34 bits per heavy atom. The van der Waals surface area contributed by atoms with Crippen molar-refractivity contribution in [2.24, 2.45) is 11.3 Å². The molecule has 1 unspecified atom stereocenters. The molecule has 1 spiro atoms. The summed E-state index contributed by atoms with van der Waals surface area (Å²) >= 11 is 0. The van der Waals surface area contributed by atoms with Crippen LogP contribution in [0.3, 0.4) is 0 Å². The Kier molecular flexibility index (Phi) is 5.39. The molecule has 3 heterocycles. The molecule has 1 aliphatic carbocycles. The van der Waals surface area contributed by atoms with Gasteiger partial charge in [-0.15, -0.1) is 0 Å². The van der Waals surface area contributed by atoms with E-state index >= 15 is 0 Å². The van der Waals surface area contributed by atoms with Crippen molar-refractivity contribution in [1.29, 1.82) is 0 Å². The van der Waals surface area contributed by atoms with E-state index in [9.17, 15) is 9.59 Å². The topological polar surface area (TPSA) is 56.8 Å². The van der Waals surface area contributed by atoms with E-state index in [1.165, 1.54) is 5.56 Å². The number of pyridine rings is 1. The summed E-state index contributed by atoms with van der Waals surface area (Å²) in [6.07, 6.45) is 4.68. The van der Waals surface area contributed by atoms with Crippen LogP contribution in [0.2, 0.25) is 0 Å². The minimum Gasteiger partial charge on any atom is -0.353 e. The highest BCUT2D eigenvalue weighted by atomic mass is 16.2. The lowest BCUT2D eigenvalue weighted by molar-refractivity contribution is -0.134. The van der Waals surface area contributed by atoms with Gasteiger partial charge in [-0.05, 0) is 62.3 Å². The molecule has 1 aromatic carbocycles. The Balaban J connectivity index is 1.14. The van der Waals surface area contributed by atoms with Crippen LogP contribution in [-0.4, -0.2) is 65.9 Å². The second-order valence-corrected chi connectivity index (χ2v) is 9.73. The van der Waals surface area contributed by atoms with E-state index in [1.54, 1.807) is 0 Å². The number of aryl methyl sites for hydroxylation is 2. The SMILES string of the molecule is Cc1ccc(C(=O)N2CCC3(CC2)CC3C(=O)N2CCN(c3ccccn3)CC2)c(C)c1. The standard InChI is InChI=1S/C26H32N4O2/c1-19-6-7-21(20(2)17-19)24(31)29-11-8-26(9-12-29)18-22(26)25(32)30-15-13-28(14-16-30)23-5-3-4-10-27-23/h3-7,10,17,22H,8-9,11-16,18H2,1-2H3. The van der Waals surface area contributed by atoms with Crippen molar-refractivity contribution in [1.82, 2.24) is 14.8 Å². The number of anilines is 1. The molecule has 0 radical (unpaired) electrons. The Labute approximate surface area is 190 Å². The highest BCUT2D eigenvalue weighted by Crippen LogP contribution is 2.60. The van der Waals surface area contributed by atoms with Gasteiger partial charge in [0.2, 0.25) is 5.91 Å². The molecule has 6 heteroatoms. The molecule has 5 rings (SSSR count). The smallest absolute Gasteiger partial charge is 0.254 e. The molecule has 6 nitrogen and oxygen atoms in total. The molecule has 3 fully saturated rings. The van der Waals surface area contributed by atoms with E-state index < -0.39 is 0 Å². The van der Waals surface area contributed by atoms with Gasteiger partial charge >= 0.3 is 0 Å². The number of likely N-dealkylation sites (tertiary alicyclic amines) is 1. The molecule has 32 heavy (non-hydrogen) atoms. The monoisotopic (exact) mass is 432 g/mol. The third-order valence-corrected chi connectivity index (χ3v) is 7.71. The van der Waals surface area contributed by atoms with Crippen LogP contribution in [0.4, 0.5) is 5.82 Å². The number of nitrogens with zero attached hydrogens (tertiary/aromatic N) is 4. The average Bonchev–Trinajstić information content (AvgIpc) is 3.52. The molecule has 168 valence electrons. The highest BCUT2D eigenvalue weighted by Gasteiger charge is 2.59. The van der Waals surface area contributed by atoms with Gasteiger partial charge in [-0.3, -0.25) is 9.59 Å². The van der Waals surface area contributed by atoms with Gasteiger partial charge in [-0.1, -0.05) is 23.8 Å². The van der Waals surface area contributed by atoms with Gasteiger partial charge in [0.25, 0.3) is 5.91 Å². The van der Waals surface area contributed by atoms with E-state index in [-0.39, 0.29) is 17.2 Å². The highest BCUT2D eigenvalue weighted by molar-refractivity contribution is 5.95. The van der Waals surface area contributed by atoms with Crippen molar-refractivity contribution >= 4 is 17.6 Å². The minimum atomic E-state index is 0.119. The number of benzene rings is 1. The number of carbonyl (C=O) groups is 2. The molecular weight excluding hydrogens is 400 g/mol. The first kappa shape index (κ1) is 21.0. The van der Waals surface area contributed by atoms with Crippen LogP contribution in [0.1, 0.15) is 40.7 Å². The zero-order chi connectivity index (χ0) is 22.3. The van der Waals surface area contributed by atoms with Gasteiger partial charge in [0.1, 0.15) is 5.82 Å². The molecule has 0 N–H and O–H groups in total. The molecule has 0 bridgehead atoms. The number of carbonyl (C=O) groups excluding carboxylic acids is 2. The number of hydrogen-bond acceptors (Lipinski definition) is 4. The van der Waals surface area contributed by atoms with E-state index in [2.05, 4.69) is 22.9 Å². The van der Waals surface area contributed by atoms with Crippen LogP contribution in [0.25, 0.3) is 0 Å². The molecule has 3 aliphatic rings. The lowest BCUT2D eigenvalue weighted by Crippen LogP contribution is -2.50. The van der Waals surface area contributed by atoms with Crippen molar-refractivity contribution < 1.29 is 9.59 Å². The number of rotatable bonds is 3. The Bertz CT molecular complexity index is 1010. The molecular formula is C26H32N4O2. The quantitative estimate of drug-likeness (QED) is 0.747. The predicted molar refractivity (Wildman–Crippen MR) is 125 cm³/mol. The zero-order valence-electron chi connectivity index (χ0n) is 19.1. The maximum atomic E-state index is 13.2. The van der Waals surface area contributed by atoms with Crippen LogP contribution in [-0.2, 0) is 4.79 Å². The molecule has 2 saturated heterocycles. The van der Waals surface area contributed by atoms with Crippen molar-refractivity contribution in [3.63, 3.8) is 0 Å². The zero-order valence-corrected chi connectivity index (χ0v) is 19.1. The minimum absolute atomic E-state index is 0.119. The largest absolute Gasteiger partial charge is 0.353 e. The van der Waals surface area contributed by atoms with E-state index in [0.29, 0.717) is 5.91 Å². The summed E-state index contributed by atoms with van der Waals surface area (Å²) in [4.78, 5) is 36.9. The number of piperazine rings is 1. The van der Waals surface area contributed by atoms with Crippen molar-refractivity contribution in [3.05, 3.63) is 59.3 Å². The Hall–Kier alpha value is -2.89. The summed E-state index contributed by atoms with van der Waals surface area (Å²) in [5, 5.41) is 0. The number of amides is 2. The first-order valence-electron chi connectivity index (χ1n) is 11.8. The second-order valence-electron chi connectivity index (χ2n) is 9.73. The third-order valence-electron chi connectivity index (χ3n) is 7.71. The van der Waals surface area contributed by atoms with E-state index in [0.717, 1.165) is 75.5 Å². The predicted octanol–water partition coefficient (Wildman–Crippen LogP) is 3.29. The van der Waals surface area contributed by atoms with Gasteiger partial charge in [-0.25, -0.2) is 4.98 Å². The van der Waals surface area contributed by atoms with Gasteiger partial charge in [-0.2, -0.15) is 0 Å². The van der Waals surface area contributed by atoms with Gasteiger partial charge in [0.15, 0.2) is 0 Å². The maximum Gasteiger partial charge on any atom is 0.254 e. The summed E-state index contributed by atoms with van der Waals surface area (Å²) in [6, 6.07) is 12.0. The summed E-state index contributed by atoms with van der Waals surface area (Å²) in [5.74, 6) is 1.58. The second kappa shape index (κ2) is 8.23.